The van der Waals surface area contributed by atoms with Crippen LogP contribution in [0.5, 0.6) is 0 Å². The largest absolute Gasteiger partial charge is 0.339 e. The lowest BCUT2D eigenvalue weighted by molar-refractivity contribution is 0.0826. The molecule has 0 spiro atoms. The van der Waals surface area contributed by atoms with Crippen molar-refractivity contribution in [1.29, 1.82) is 0 Å². The number of hydrogen-bond donors (Lipinski definition) is 9. The second-order valence-corrected chi connectivity index (χ2v) is 30.2. The number of benzene rings is 3. The van der Waals surface area contributed by atoms with Gasteiger partial charge in [0.2, 0.25) is 0 Å². The summed E-state index contributed by atoms with van der Waals surface area (Å²) in [6.45, 7) is 21.9. The van der Waals surface area contributed by atoms with Gasteiger partial charge >= 0.3 is 0 Å². The maximum Gasteiger partial charge on any atom is 0.250 e. The van der Waals surface area contributed by atoms with Crippen molar-refractivity contribution in [3.63, 3.8) is 0 Å². The number of fused-ring (bicyclic) bond motifs is 7. The summed E-state index contributed by atoms with van der Waals surface area (Å²) in [5.74, 6) is 1.09. The number of aliphatic imine (C=N–C) groups is 2. The average Bonchev–Trinajstić information content (AvgIpc) is 1.69. The Hall–Kier alpha value is -11.9. The molecular weight excluding hydrogens is 1410 g/mol. The number of carbonyl (C=O) groups is 1. The molecule has 10 heterocycles. The third-order valence-corrected chi connectivity index (χ3v) is 22.8. The number of unbranched alkanes of at least 4 members (excludes halogenated alkanes) is 1. The Morgan fingerprint density at radius 1 is 0.637 bits per heavy atom. The molecule has 18 rings (SSSR count). The smallest absolute Gasteiger partial charge is 0.250 e. The predicted molar refractivity (Wildman–Crippen MR) is 454 cm³/mol. The second kappa shape index (κ2) is 35.2. The molecule has 0 unspecified atom stereocenters. The Labute approximate surface area is 658 Å². The van der Waals surface area contributed by atoms with Crippen LogP contribution in [0.4, 0.5) is 17.2 Å². The third-order valence-electron chi connectivity index (χ3n) is 22.8. The molecule has 0 aliphatic heterocycles. The molecule has 5 aliphatic carbocycles. The molecule has 0 radical (unpaired) electrons. The van der Waals surface area contributed by atoms with E-state index in [0.717, 1.165) is 267 Å². The number of rotatable bonds is 21. The summed E-state index contributed by atoms with van der Waals surface area (Å²) in [5.41, 5.74) is 36.8. The van der Waals surface area contributed by atoms with Gasteiger partial charge in [-0.15, -0.1) is 0 Å². The normalized spacial score (nSPS) is 15.2. The number of anilines is 1. The molecule has 113 heavy (non-hydrogen) atoms. The Bertz CT molecular complexity index is 5770. The summed E-state index contributed by atoms with van der Waals surface area (Å²) in [6.07, 6.45) is 46.2. The number of hydrogen-bond acceptors (Lipinski definition) is 16. The molecule has 13 aromatic rings. The van der Waals surface area contributed by atoms with E-state index in [1.807, 2.05) is 76.2 Å². The van der Waals surface area contributed by atoms with E-state index in [2.05, 4.69) is 193 Å². The van der Waals surface area contributed by atoms with Crippen LogP contribution in [0.1, 0.15) is 202 Å². The van der Waals surface area contributed by atoms with Crippen molar-refractivity contribution < 1.29 is 4.79 Å². The van der Waals surface area contributed by atoms with Crippen LogP contribution in [-0.2, 0) is 32.4 Å². The van der Waals surface area contributed by atoms with Crippen LogP contribution in [0.15, 0.2) is 156 Å². The van der Waals surface area contributed by atoms with Gasteiger partial charge in [0.05, 0.1) is 104 Å². The molecule has 0 saturated heterocycles. The Morgan fingerprint density at radius 2 is 1.28 bits per heavy atom. The van der Waals surface area contributed by atoms with Crippen molar-refractivity contribution in [3.05, 3.63) is 213 Å². The molecule has 3 aromatic carbocycles. The summed E-state index contributed by atoms with van der Waals surface area (Å²) in [6, 6.07) is 18.7. The summed E-state index contributed by atoms with van der Waals surface area (Å²) in [7, 11) is 0. The Balaban J connectivity index is 0.000000119. The lowest BCUT2D eigenvalue weighted by Crippen LogP contribution is -2.22. The molecule has 1 saturated carbocycles. The number of carbonyl (C=O) groups excluding carboxylic acids is 1. The molecule has 580 valence electrons. The fraction of sp³-hybridized carbons (Fsp3) is 0.360. The molecule has 0 atom stereocenters. The van der Waals surface area contributed by atoms with Gasteiger partial charge in [-0.05, 0) is 245 Å². The third kappa shape index (κ3) is 16.6. The number of allylic oxidation sites excluding steroid dienone is 7. The van der Waals surface area contributed by atoms with Gasteiger partial charge < -0.3 is 11.1 Å². The van der Waals surface area contributed by atoms with Gasteiger partial charge in [0.1, 0.15) is 0 Å². The fourth-order valence-corrected chi connectivity index (χ4v) is 16.4. The van der Waals surface area contributed by atoms with Crippen molar-refractivity contribution in [2.75, 3.05) is 18.4 Å². The minimum atomic E-state index is 0.113. The number of nitrogens with two attached hydrogens (primary N) is 1. The van der Waals surface area contributed by atoms with Crippen LogP contribution in [0.3, 0.4) is 0 Å². The number of nitrogens with one attached hydrogen (secondary N) is 8. The van der Waals surface area contributed by atoms with Gasteiger partial charge in [-0.3, -0.25) is 50.4 Å². The zero-order valence-electron chi connectivity index (χ0n) is 66.1. The fourth-order valence-electron chi connectivity index (χ4n) is 16.4. The summed E-state index contributed by atoms with van der Waals surface area (Å²) in [4.78, 5) is 35.4. The van der Waals surface area contributed by atoms with Gasteiger partial charge in [0, 0.05) is 109 Å². The van der Waals surface area contributed by atoms with E-state index in [1.165, 1.54) is 71.7 Å². The monoisotopic (exact) mass is 1510 g/mol. The minimum absolute atomic E-state index is 0.113. The van der Waals surface area contributed by atoms with Crippen LogP contribution in [0.2, 0.25) is 0 Å². The van der Waals surface area contributed by atoms with E-state index in [9.17, 15) is 4.79 Å². The predicted octanol–water partition coefficient (Wildman–Crippen LogP) is 19.1. The van der Waals surface area contributed by atoms with E-state index < -0.39 is 0 Å². The maximum atomic E-state index is 13.1. The summed E-state index contributed by atoms with van der Waals surface area (Å²) >= 11 is 0. The van der Waals surface area contributed by atoms with Crippen LogP contribution in [0.25, 0.3) is 83.3 Å². The van der Waals surface area contributed by atoms with E-state index >= 15 is 0 Å². The van der Waals surface area contributed by atoms with E-state index in [1.54, 1.807) is 10.8 Å². The first-order valence-corrected chi connectivity index (χ1v) is 40.5. The van der Waals surface area contributed by atoms with Crippen molar-refractivity contribution in [2.24, 2.45) is 21.6 Å². The Morgan fingerprint density at radius 3 is 1.90 bits per heavy atom. The summed E-state index contributed by atoms with van der Waals surface area (Å²) in [5, 5.41) is 63.9. The molecule has 1 fully saturated rings. The highest BCUT2D eigenvalue weighted by atomic mass is 16.2. The molecule has 24 heteroatoms. The van der Waals surface area contributed by atoms with Crippen molar-refractivity contribution in [1.82, 2.24) is 96.0 Å². The van der Waals surface area contributed by atoms with Crippen LogP contribution in [0, 0.1) is 33.6 Å². The highest BCUT2D eigenvalue weighted by Gasteiger charge is 2.29. The highest BCUT2D eigenvalue weighted by molar-refractivity contribution is 6.15. The number of aromatic amines is 7. The standard InChI is InChI=1S/C24H25N5O.C23H24N6.C23H30N6.C19H24N6/c1-14-18(12-25-28-14)23-17-9-5-4-8-16(17)22-19-13-26-29(21(19)11-10-20(22)27-23)24(30)15-6-2-3-7-15;1-15-20(14-24-27-15)22(16-7-3-2-4-8-16)25-18-11-12-21-19(13-18)23(29-28-21)26-17-9-5-6-10-17;1-4-29(5-2)15-22-19-13-18(11-12-21(19)27-28-22)25-23(17-9-7-6-8-10-17)20-14-24-26-16(20)3;1-4-6-7-13-8-17(14-11-22-23-12(14)3)21-10-15(13)19-16(5-2)24-25-18(19)9-20/h10-13,15H,2-9H2,1H3,(H,25,28);5,7,9-14H,2-4,6,8H2,1H3,(H,24,27)(H2,26,28,29);9,11-14H,4-8,10,15H2,1-3H3,(H,24,26)(H,27,28);5,8,10-11H,2,4,6-7,9,20H2,1,3H3,(H,22,23)(H,24,25). The molecule has 10 N–H and O–H groups in total. The van der Waals surface area contributed by atoms with Gasteiger partial charge in [-0.25, -0.2) is 15.0 Å². The van der Waals surface area contributed by atoms with Crippen molar-refractivity contribution >= 4 is 84.2 Å². The SMILES string of the molecule is C=Cc1n[nH]c(CN)c1-c1cnc(-c2cn[nH]c2C)cc1CCCC.CCN(CC)Cc1[nH]nc2ccc(N=C(C3=CCCCC3)c3cn[nH]c3C)cc12.Cc1[nH]ncc1-c1nc2ccc3c(cnn3C(=O)C3CCCC3)c2c2c1CCCC2.Cc1[nH]ncc1C(=Nc1ccc2[nH]nc(NC3=CCC=C3)c2c1)C1=CCCCC1. The quantitative estimate of drug-likeness (QED) is 0.0302. The number of pyridine rings is 2. The zero-order chi connectivity index (χ0) is 77.9. The lowest BCUT2D eigenvalue weighted by Gasteiger charge is -2.21. The van der Waals surface area contributed by atoms with Gasteiger partial charge in [0.15, 0.2) is 5.82 Å². The summed E-state index contributed by atoms with van der Waals surface area (Å²) < 4.78 is 1.65. The molecular formula is C89H103N23O. The van der Waals surface area contributed by atoms with Crippen LogP contribution in [-0.4, -0.2) is 126 Å². The topological polar surface area (TPSA) is 327 Å². The molecule has 10 aromatic heterocycles. The van der Waals surface area contributed by atoms with Crippen LogP contribution < -0.4 is 11.1 Å². The Kier molecular flexibility index (Phi) is 23.8. The van der Waals surface area contributed by atoms with Crippen molar-refractivity contribution in [3.8, 4) is 33.6 Å². The molecule has 0 amide bonds. The van der Waals surface area contributed by atoms with Gasteiger partial charge in [-0.1, -0.05) is 70.9 Å². The first-order valence-electron chi connectivity index (χ1n) is 40.5. The lowest BCUT2D eigenvalue weighted by atomic mass is 9.85. The van der Waals surface area contributed by atoms with E-state index in [4.69, 9.17) is 20.7 Å². The van der Waals surface area contributed by atoms with E-state index in [0.29, 0.717) is 6.54 Å². The number of aromatic nitrogens is 18. The number of H-pyrrole nitrogens is 7. The number of nitrogens with zero attached hydrogens (tertiary/aromatic N) is 14. The highest BCUT2D eigenvalue weighted by Crippen LogP contribution is 2.41. The van der Waals surface area contributed by atoms with Gasteiger partial charge in [-0.2, -0.15) is 45.5 Å². The zero-order valence-corrected chi connectivity index (χ0v) is 66.1. The first kappa shape index (κ1) is 76.5. The first-order chi connectivity index (χ1) is 55.4. The van der Waals surface area contributed by atoms with Crippen molar-refractivity contribution in [2.45, 2.75) is 190 Å². The second-order valence-electron chi connectivity index (χ2n) is 30.2. The van der Waals surface area contributed by atoms with Crippen LogP contribution >= 0.6 is 0 Å². The minimum Gasteiger partial charge on any atom is -0.339 e. The molecule has 0 bridgehead atoms. The van der Waals surface area contributed by atoms with E-state index in [-0.39, 0.29) is 11.8 Å². The molecule has 5 aliphatic rings. The van der Waals surface area contributed by atoms with Gasteiger partial charge in [0.25, 0.3) is 5.91 Å². The molecule has 24 nitrogen and oxygen atoms in total. The number of aryl methyl sites for hydroxylation is 6. The average molecular weight is 1510 g/mol. The maximum absolute atomic E-state index is 13.1.